The first-order valence-electron chi connectivity index (χ1n) is 7.90. The standard InChI is InChI=1S/C17H27NO3/c1-5-14(6-2)18(9-12(3)4)10-13-7-16-17(8-15(13)19)21-11-20-16/h7-8,12,14,19H,5-6,9-11H2,1-4H3. The maximum atomic E-state index is 10.2. The Kier molecular flexibility index (Phi) is 5.34. The zero-order valence-corrected chi connectivity index (χ0v) is 13.6. The van der Waals surface area contributed by atoms with E-state index in [4.69, 9.17) is 9.47 Å². The minimum Gasteiger partial charge on any atom is -0.507 e. The van der Waals surface area contributed by atoms with Crippen LogP contribution in [-0.4, -0.2) is 29.4 Å². The number of nitrogens with zero attached hydrogens (tertiary/aromatic N) is 1. The Hall–Kier alpha value is -1.42. The van der Waals surface area contributed by atoms with Crippen molar-refractivity contribution in [3.63, 3.8) is 0 Å². The summed E-state index contributed by atoms with van der Waals surface area (Å²) in [5, 5.41) is 10.2. The second kappa shape index (κ2) is 7.03. The van der Waals surface area contributed by atoms with Crippen LogP contribution in [0.4, 0.5) is 0 Å². The molecule has 1 aliphatic heterocycles. The molecule has 4 heteroatoms. The van der Waals surface area contributed by atoms with Gasteiger partial charge in [-0.1, -0.05) is 27.7 Å². The Bertz CT molecular complexity index is 469. The van der Waals surface area contributed by atoms with E-state index in [-0.39, 0.29) is 6.79 Å². The van der Waals surface area contributed by atoms with Crippen LogP contribution in [0.5, 0.6) is 17.2 Å². The summed E-state index contributed by atoms with van der Waals surface area (Å²) in [5.74, 6) is 2.26. The molecule has 0 spiro atoms. The van der Waals surface area contributed by atoms with Crippen molar-refractivity contribution in [2.45, 2.75) is 53.1 Å². The molecule has 21 heavy (non-hydrogen) atoms. The molecule has 0 saturated carbocycles. The van der Waals surface area contributed by atoms with Gasteiger partial charge in [0.15, 0.2) is 11.5 Å². The summed E-state index contributed by atoms with van der Waals surface area (Å²) in [5.41, 5.74) is 0.909. The van der Waals surface area contributed by atoms with Gasteiger partial charge in [-0.2, -0.15) is 0 Å². The van der Waals surface area contributed by atoms with Crippen LogP contribution in [0.3, 0.4) is 0 Å². The smallest absolute Gasteiger partial charge is 0.231 e. The highest BCUT2D eigenvalue weighted by Gasteiger charge is 2.21. The number of benzene rings is 1. The lowest BCUT2D eigenvalue weighted by atomic mass is 10.1. The maximum absolute atomic E-state index is 10.2. The minimum atomic E-state index is 0.237. The van der Waals surface area contributed by atoms with Crippen molar-refractivity contribution < 1.29 is 14.6 Å². The zero-order chi connectivity index (χ0) is 15.4. The van der Waals surface area contributed by atoms with Crippen molar-refractivity contribution in [1.82, 2.24) is 4.90 Å². The molecular formula is C17H27NO3. The van der Waals surface area contributed by atoms with Crippen LogP contribution in [0, 0.1) is 5.92 Å². The number of hydrogen-bond acceptors (Lipinski definition) is 4. The van der Waals surface area contributed by atoms with Crippen LogP contribution in [0.2, 0.25) is 0 Å². The summed E-state index contributed by atoms with van der Waals surface area (Å²) in [7, 11) is 0. The average molecular weight is 293 g/mol. The molecule has 0 saturated heterocycles. The summed E-state index contributed by atoms with van der Waals surface area (Å²) in [6, 6.07) is 4.11. The van der Waals surface area contributed by atoms with Gasteiger partial charge in [-0.3, -0.25) is 4.90 Å². The molecule has 1 heterocycles. The third kappa shape index (κ3) is 3.82. The van der Waals surface area contributed by atoms with Crippen LogP contribution < -0.4 is 9.47 Å². The first-order valence-corrected chi connectivity index (χ1v) is 7.90. The van der Waals surface area contributed by atoms with Gasteiger partial charge in [0.2, 0.25) is 6.79 Å². The van der Waals surface area contributed by atoms with Gasteiger partial charge >= 0.3 is 0 Å². The van der Waals surface area contributed by atoms with E-state index in [2.05, 4.69) is 32.6 Å². The molecule has 0 unspecified atom stereocenters. The van der Waals surface area contributed by atoms with Crippen LogP contribution >= 0.6 is 0 Å². The van der Waals surface area contributed by atoms with E-state index in [1.165, 1.54) is 0 Å². The van der Waals surface area contributed by atoms with E-state index in [1.54, 1.807) is 6.07 Å². The first kappa shape index (κ1) is 16.0. The number of ether oxygens (including phenoxy) is 2. The summed E-state index contributed by atoms with van der Waals surface area (Å²) in [6.07, 6.45) is 2.24. The number of phenolic OH excluding ortho intramolecular Hbond substituents is 1. The molecule has 0 bridgehead atoms. The highest BCUT2D eigenvalue weighted by Crippen LogP contribution is 2.38. The number of aromatic hydroxyl groups is 1. The van der Waals surface area contributed by atoms with Crippen LogP contribution in [0.25, 0.3) is 0 Å². The fourth-order valence-corrected chi connectivity index (χ4v) is 2.94. The predicted molar refractivity (Wildman–Crippen MR) is 83.8 cm³/mol. The molecule has 0 fully saturated rings. The third-order valence-corrected chi connectivity index (χ3v) is 4.01. The van der Waals surface area contributed by atoms with E-state index >= 15 is 0 Å². The molecule has 0 amide bonds. The highest BCUT2D eigenvalue weighted by atomic mass is 16.7. The number of rotatable bonds is 7. The van der Waals surface area contributed by atoms with Gasteiger partial charge < -0.3 is 14.6 Å². The van der Waals surface area contributed by atoms with Crippen molar-refractivity contribution in [3.8, 4) is 17.2 Å². The zero-order valence-electron chi connectivity index (χ0n) is 13.6. The second-order valence-electron chi connectivity index (χ2n) is 6.13. The Morgan fingerprint density at radius 2 is 1.76 bits per heavy atom. The molecule has 1 N–H and O–H groups in total. The monoisotopic (exact) mass is 293 g/mol. The van der Waals surface area contributed by atoms with Gasteiger partial charge in [-0.25, -0.2) is 0 Å². The molecule has 4 nitrogen and oxygen atoms in total. The number of phenols is 1. The molecule has 118 valence electrons. The van der Waals surface area contributed by atoms with E-state index in [1.807, 2.05) is 6.07 Å². The predicted octanol–water partition coefficient (Wildman–Crippen LogP) is 3.77. The van der Waals surface area contributed by atoms with Gasteiger partial charge in [-0.05, 0) is 24.8 Å². The van der Waals surface area contributed by atoms with Gasteiger partial charge in [0.1, 0.15) is 5.75 Å². The van der Waals surface area contributed by atoms with Gasteiger partial charge in [0, 0.05) is 30.8 Å². The summed E-state index contributed by atoms with van der Waals surface area (Å²) >= 11 is 0. The fraction of sp³-hybridized carbons (Fsp3) is 0.647. The molecule has 0 radical (unpaired) electrons. The SMILES string of the molecule is CCC(CC)N(Cc1cc2c(cc1O)OCO2)CC(C)C. The summed E-state index contributed by atoms with van der Waals surface area (Å²) < 4.78 is 10.7. The Balaban J connectivity index is 2.19. The lowest BCUT2D eigenvalue weighted by Crippen LogP contribution is -2.36. The molecular weight excluding hydrogens is 266 g/mol. The Morgan fingerprint density at radius 1 is 1.14 bits per heavy atom. The fourth-order valence-electron chi connectivity index (χ4n) is 2.94. The largest absolute Gasteiger partial charge is 0.507 e. The molecule has 1 aromatic carbocycles. The quantitative estimate of drug-likeness (QED) is 0.831. The lowest BCUT2D eigenvalue weighted by Gasteiger charge is -2.32. The molecule has 1 aliphatic rings. The third-order valence-electron chi connectivity index (χ3n) is 4.01. The number of fused-ring (bicyclic) bond motifs is 1. The second-order valence-corrected chi connectivity index (χ2v) is 6.13. The van der Waals surface area contributed by atoms with Crippen LogP contribution in [-0.2, 0) is 6.54 Å². The minimum absolute atomic E-state index is 0.237. The van der Waals surface area contributed by atoms with E-state index in [0.29, 0.717) is 23.5 Å². The molecule has 2 rings (SSSR count). The topological polar surface area (TPSA) is 41.9 Å². The first-order chi connectivity index (χ1) is 10.0. The summed E-state index contributed by atoms with van der Waals surface area (Å²) in [6.45, 7) is 10.9. The normalized spacial score (nSPS) is 13.7. The van der Waals surface area contributed by atoms with Crippen LogP contribution in [0.1, 0.15) is 46.1 Å². The van der Waals surface area contributed by atoms with E-state index < -0.39 is 0 Å². The molecule has 0 aromatic heterocycles. The van der Waals surface area contributed by atoms with Gasteiger partial charge in [0.25, 0.3) is 0 Å². The molecule has 1 aromatic rings. The lowest BCUT2D eigenvalue weighted by molar-refractivity contribution is 0.155. The van der Waals surface area contributed by atoms with Crippen molar-refractivity contribution in [2.75, 3.05) is 13.3 Å². The van der Waals surface area contributed by atoms with E-state index in [9.17, 15) is 5.11 Å². The van der Waals surface area contributed by atoms with E-state index in [0.717, 1.165) is 37.2 Å². The Morgan fingerprint density at radius 3 is 2.33 bits per heavy atom. The highest BCUT2D eigenvalue weighted by molar-refractivity contribution is 5.51. The van der Waals surface area contributed by atoms with Crippen molar-refractivity contribution in [2.24, 2.45) is 5.92 Å². The Labute approximate surface area is 127 Å². The van der Waals surface area contributed by atoms with Gasteiger partial charge in [-0.15, -0.1) is 0 Å². The summed E-state index contributed by atoms with van der Waals surface area (Å²) in [4.78, 5) is 2.46. The van der Waals surface area contributed by atoms with Crippen molar-refractivity contribution >= 4 is 0 Å². The molecule has 0 atom stereocenters. The average Bonchev–Trinajstić information content (AvgIpc) is 2.86. The maximum Gasteiger partial charge on any atom is 0.231 e. The van der Waals surface area contributed by atoms with Crippen molar-refractivity contribution in [1.29, 1.82) is 0 Å². The number of hydrogen-bond donors (Lipinski definition) is 1. The molecule has 0 aliphatic carbocycles. The van der Waals surface area contributed by atoms with Crippen molar-refractivity contribution in [3.05, 3.63) is 17.7 Å². The van der Waals surface area contributed by atoms with Crippen LogP contribution in [0.15, 0.2) is 12.1 Å². The van der Waals surface area contributed by atoms with Gasteiger partial charge in [0.05, 0.1) is 0 Å².